The van der Waals surface area contributed by atoms with Crippen LogP contribution in [0.25, 0.3) is 12.2 Å². The molecule has 0 atom stereocenters. The van der Waals surface area contributed by atoms with Crippen molar-refractivity contribution >= 4 is 24.1 Å². The van der Waals surface area contributed by atoms with Gasteiger partial charge in [0.15, 0.2) is 0 Å². The second-order valence-electron chi connectivity index (χ2n) is 4.53. The predicted molar refractivity (Wildman–Crippen MR) is 84.5 cm³/mol. The summed E-state index contributed by atoms with van der Waals surface area (Å²) >= 11 is 0. The summed E-state index contributed by atoms with van der Waals surface area (Å²) in [5.41, 5.74) is 2.68. The molecule has 2 aromatic carbocycles. The van der Waals surface area contributed by atoms with E-state index in [-0.39, 0.29) is 11.9 Å². The van der Waals surface area contributed by atoms with Crippen molar-refractivity contribution in [3.8, 4) is 0 Å². The van der Waals surface area contributed by atoms with Crippen LogP contribution in [0.1, 0.15) is 31.8 Å². The third kappa shape index (κ3) is 3.61. The quantitative estimate of drug-likeness (QED) is 0.640. The lowest BCUT2D eigenvalue weighted by Gasteiger charge is -2.03. The van der Waals surface area contributed by atoms with Crippen molar-refractivity contribution in [2.24, 2.45) is 0 Å². The van der Waals surface area contributed by atoms with E-state index in [1.165, 1.54) is 14.2 Å². The Labute approximate surface area is 129 Å². The second kappa shape index (κ2) is 7.22. The molecule has 2 rings (SSSR count). The van der Waals surface area contributed by atoms with Gasteiger partial charge in [-0.15, -0.1) is 0 Å². The minimum absolute atomic E-state index is 0.369. The van der Waals surface area contributed by atoms with Gasteiger partial charge >= 0.3 is 11.9 Å². The summed E-state index contributed by atoms with van der Waals surface area (Å²) in [5.74, 6) is -0.743. The first kappa shape index (κ1) is 15.5. The fraction of sp³-hybridized carbons (Fsp3) is 0.111. The van der Waals surface area contributed by atoms with Crippen LogP contribution >= 0.6 is 0 Å². The number of carbonyl (C=O) groups is 2. The van der Waals surface area contributed by atoms with E-state index in [0.717, 1.165) is 11.1 Å². The maximum atomic E-state index is 11.7. The van der Waals surface area contributed by atoms with Crippen LogP contribution in [0.15, 0.2) is 48.5 Å². The topological polar surface area (TPSA) is 52.6 Å². The maximum absolute atomic E-state index is 11.7. The fourth-order valence-electron chi connectivity index (χ4n) is 1.97. The van der Waals surface area contributed by atoms with Crippen LogP contribution in [0.4, 0.5) is 0 Å². The summed E-state index contributed by atoms with van der Waals surface area (Å²) in [5, 5.41) is 0. The van der Waals surface area contributed by atoms with Crippen LogP contribution in [0, 0.1) is 0 Å². The highest BCUT2D eigenvalue weighted by atomic mass is 16.5. The van der Waals surface area contributed by atoms with Gasteiger partial charge in [-0.25, -0.2) is 9.59 Å². The smallest absolute Gasteiger partial charge is 0.338 e. The maximum Gasteiger partial charge on any atom is 0.338 e. The van der Waals surface area contributed by atoms with Crippen molar-refractivity contribution < 1.29 is 19.1 Å². The van der Waals surface area contributed by atoms with Gasteiger partial charge in [0.05, 0.1) is 25.3 Å². The Morgan fingerprint density at radius 1 is 0.818 bits per heavy atom. The standard InChI is InChI=1S/C18H16O4/c1-21-17(19)15-11-8-13(9-12-15)7-10-14-5-3-4-6-16(14)18(20)22-2/h3-12H,1-2H3. The molecule has 0 spiro atoms. The van der Waals surface area contributed by atoms with Crippen molar-refractivity contribution in [1.82, 2.24) is 0 Å². The highest BCUT2D eigenvalue weighted by molar-refractivity contribution is 5.95. The molecular formula is C18H16O4. The zero-order valence-corrected chi connectivity index (χ0v) is 12.4. The molecule has 4 heteroatoms. The number of hydrogen-bond donors (Lipinski definition) is 0. The minimum atomic E-state index is -0.374. The van der Waals surface area contributed by atoms with Crippen LogP contribution in [0.2, 0.25) is 0 Å². The fourth-order valence-corrected chi connectivity index (χ4v) is 1.97. The van der Waals surface area contributed by atoms with Gasteiger partial charge in [-0.05, 0) is 29.3 Å². The molecule has 0 aromatic heterocycles. The van der Waals surface area contributed by atoms with Crippen molar-refractivity contribution in [1.29, 1.82) is 0 Å². The molecule has 0 aliphatic carbocycles. The Bertz CT molecular complexity index is 699. The lowest BCUT2D eigenvalue weighted by atomic mass is 10.1. The number of benzene rings is 2. The Hall–Kier alpha value is -2.88. The molecule has 0 bridgehead atoms. The van der Waals surface area contributed by atoms with E-state index >= 15 is 0 Å². The predicted octanol–water partition coefficient (Wildman–Crippen LogP) is 3.43. The number of methoxy groups -OCH3 is 2. The molecule has 0 radical (unpaired) electrons. The van der Waals surface area contributed by atoms with Crippen molar-refractivity contribution in [2.75, 3.05) is 14.2 Å². The third-order valence-corrected chi connectivity index (χ3v) is 3.15. The summed E-state index contributed by atoms with van der Waals surface area (Å²) in [6.07, 6.45) is 3.70. The summed E-state index contributed by atoms with van der Waals surface area (Å²) < 4.78 is 9.41. The zero-order valence-electron chi connectivity index (χ0n) is 12.4. The highest BCUT2D eigenvalue weighted by Crippen LogP contribution is 2.15. The molecule has 112 valence electrons. The summed E-state index contributed by atoms with van der Waals surface area (Å²) in [6, 6.07) is 14.2. The minimum Gasteiger partial charge on any atom is -0.465 e. The van der Waals surface area contributed by atoms with E-state index in [1.807, 2.05) is 36.4 Å². The van der Waals surface area contributed by atoms with Gasteiger partial charge in [-0.3, -0.25) is 0 Å². The number of esters is 2. The first-order valence-corrected chi connectivity index (χ1v) is 6.69. The Morgan fingerprint density at radius 2 is 1.45 bits per heavy atom. The van der Waals surface area contributed by atoms with E-state index in [2.05, 4.69) is 4.74 Å². The lowest BCUT2D eigenvalue weighted by Crippen LogP contribution is -2.03. The molecule has 0 unspecified atom stereocenters. The number of hydrogen-bond acceptors (Lipinski definition) is 4. The summed E-state index contributed by atoms with van der Waals surface area (Å²) in [4.78, 5) is 23.1. The third-order valence-electron chi connectivity index (χ3n) is 3.15. The monoisotopic (exact) mass is 296 g/mol. The molecule has 22 heavy (non-hydrogen) atoms. The average Bonchev–Trinajstić information content (AvgIpc) is 2.59. The van der Waals surface area contributed by atoms with E-state index in [9.17, 15) is 9.59 Å². The lowest BCUT2D eigenvalue weighted by molar-refractivity contribution is 0.0591. The molecule has 0 aliphatic rings. The largest absolute Gasteiger partial charge is 0.465 e. The van der Waals surface area contributed by atoms with Crippen molar-refractivity contribution in [2.45, 2.75) is 0 Å². The van der Waals surface area contributed by atoms with E-state index in [1.54, 1.807) is 24.3 Å². The van der Waals surface area contributed by atoms with Crippen LogP contribution in [-0.4, -0.2) is 26.2 Å². The molecule has 4 nitrogen and oxygen atoms in total. The first-order chi connectivity index (χ1) is 10.7. The number of carbonyl (C=O) groups excluding carboxylic acids is 2. The van der Waals surface area contributed by atoms with Crippen molar-refractivity contribution in [3.63, 3.8) is 0 Å². The summed E-state index contributed by atoms with van der Waals surface area (Å²) in [7, 11) is 2.70. The Kier molecular flexibility index (Phi) is 5.09. The average molecular weight is 296 g/mol. The van der Waals surface area contributed by atoms with Crippen LogP contribution < -0.4 is 0 Å². The Morgan fingerprint density at radius 3 is 2.09 bits per heavy atom. The molecule has 0 N–H and O–H groups in total. The number of ether oxygens (including phenoxy) is 2. The first-order valence-electron chi connectivity index (χ1n) is 6.69. The molecule has 0 saturated heterocycles. The normalized spacial score (nSPS) is 10.5. The van der Waals surface area contributed by atoms with Gasteiger partial charge in [0.25, 0.3) is 0 Å². The van der Waals surface area contributed by atoms with Gasteiger partial charge < -0.3 is 9.47 Å². The molecular weight excluding hydrogens is 280 g/mol. The van der Waals surface area contributed by atoms with Gasteiger partial charge in [-0.2, -0.15) is 0 Å². The number of rotatable bonds is 4. The molecule has 2 aromatic rings. The van der Waals surface area contributed by atoms with E-state index in [0.29, 0.717) is 11.1 Å². The molecule has 0 amide bonds. The summed E-state index contributed by atoms with van der Waals surface area (Å²) in [6.45, 7) is 0. The van der Waals surface area contributed by atoms with E-state index in [4.69, 9.17) is 4.74 Å². The van der Waals surface area contributed by atoms with Crippen molar-refractivity contribution in [3.05, 3.63) is 70.8 Å². The van der Waals surface area contributed by atoms with Gasteiger partial charge in [-0.1, -0.05) is 42.5 Å². The second-order valence-corrected chi connectivity index (χ2v) is 4.53. The molecule has 0 aliphatic heterocycles. The molecule has 0 fully saturated rings. The molecule has 0 heterocycles. The zero-order chi connectivity index (χ0) is 15.9. The van der Waals surface area contributed by atoms with Gasteiger partial charge in [0.1, 0.15) is 0 Å². The van der Waals surface area contributed by atoms with E-state index < -0.39 is 0 Å². The van der Waals surface area contributed by atoms with Crippen LogP contribution in [0.5, 0.6) is 0 Å². The SMILES string of the molecule is COC(=O)c1ccc(C=Cc2ccccc2C(=O)OC)cc1. The van der Waals surface area contributed by atoms with Crippen LogP contribution in [0.3, 0.4) is 0 Å². The molecule has 0 saturated carbocycles. The van der Waals surface area contributed by atoms with Gasteiger partial charge in [0, 0.05) is 0 Å². The van der Waals surface area contributed by atoms with Crippen LogP contribution in [-0.2, 0) is 9.47 Å². The Balaban J connectivity index is 2.22. The van der Waals surface area contributed by atoms with Gasteiger partial charge in [0.2, 0.25) is 0 Å². The highest BCUT2D eigenvalue weighted by Gasteiger charge is 2.08.